The number of hydrogen-bond acceptors (Lipinski definition) is 4. The van der Waals surface area contributed by atoms with Gasteiger partial charge in [0, 0.05) is 46.0 Å². The third-order valence-corrected chi connectivity index (χ3v) is 7.55. The molecule has 0 unspecified atom stereocenters. The Bertz CT molecular complexity index is 746. The van der Waals surface area contributed by atoms with Gasteiger partial charge < -0.3 is 15.1 Å². The van der Waals surface area contributed by atoms with Gasteiger partial charge in [0.05, 0.1) is 10.5 Å². The Kier molecular flexibility index (Phi) is 9.52. The van der Waals surface area contributed by atoms with E-state index < -0.39 is 14.6 Å². The van der Waals surface area contributed by atoms with E-state index in [1.165, 1.54) is 11.3 Å². The topological polar surface area (TPSA) is 65.0 Å². The van der Waals surface area contributed by atoms with Gasteiger partial charge in [0.25, 0.3) is 0 Å². The maximum atomic E-state index is 12.2. The molecule has 0 atom stereocenters. The Hall–Kier alpha value is -1.03. The first-order valence-corrected chi connectivity index (χ1v) is 11.3. The van der Waals surface area contributed by atoms with Crippen molar-refractivity contribution in [1.29, 1.82) is 0 Å². The van der Waals surface area contributed by atoms with Crippen LogP contribution >= 0.6 is 24.0 Å². The molecule has 160 valence electrons. The lowest BCUT2D eigenvalue weighted by Crippen LogP contribution is -2.57. The smallest absolute Gasteiger partial charge is 0.193 e. The number of hydrogen-bond donors (Lipinski definition) is 1. The van der Waals surface area contributed by atoms with Gasteiger partial charge in [0.1, 0.15) is 0 Å². The number of guanidine groups is 1. The fourth-order valence-corrected chi connectivity index (χ4v) is 4.55. The SMILES string of the molecule is CCNC(=NCCCc1ccc(N(C)C)cc1)N1CCS(=O)(=O)C(C)(C)C1.I. The van der Waals surface area contributed by atoms with Crippen molar-refractivity contribution < 1.29 is 8.42 Å². The molecule has 1 aliphatic heterocycles. The highest BCUT2D eigenvalue weighted by Crippen LogP contribution is 2.23. The largest absolute Gasteiger partial charge is 0.378 e. The molecule has 0 bridgehead atoms. The summed E-state index contributed by atoms with van der Waals surface area (Å²) in [6.07, 6.45) is 1.95. The Morgan fingerprint density at radius 1 is 1.25 bits per heavy atom. The number of halogens is 1. The van der Waals surface area contributed by atoms with E-state index in [-0.39, 0.29) is 29.7 Å². The predicted molar refractivity (Wildman–Crippen MR) is 130 cm³/mol. The summed E-state index contributed by atoms with van der Waals surface area (Å²) in [5.74, 6) is 1.01. The van der Waals surface area contributed by atoms with Gasteiger partial charge in [-0.25, -0.2) is 8.42 Å². The van der Waals surface area contributed by atoms with Crippen LogP contribution in [0.1, 0.15) is 32.8 Å². The van der Waals surface area contributed by atoms with Gasteiger partial charge in [-0.05, 0) is 51.3 Å². The van der Waals surface area contributed by atoms with Gasteiger partial charge in [-0.1, -0.05) is 12.1 Å². The fourth-order valence-electron chi connectivity index (χ4n) is 3.18. The zero-order valence-electron chi connectivity index (χ0n) is 17.7. The summed E-state index contributed by atoms with van der Waals surface area (Å²) >= 11 is 0. The van der Waals surface area contributed by atoms with E-state index in [2.05, 4.69) is 39.4 Å². The van der Waals surface area contributed by atoms with Crippen LogP contribution in [0.15, 0.2) is 29.3 Å². The highest BCUT2D eigenvalue weighted by atomic mass is 127. The minimum absolute atomic E-state index is 0. The summed E-state index contributed by atoms with van der Waals surface area (Å²) in [6, 6.07) is 8.61. The number of rotatable bonds is 6. The molecule has 0 amide bonds. The van der Waals surface area contributed by atoms with Crippen molar-refractivity contribution in [2.24, 2.45) is 4.99 Å². The fraction of sp³-hybridized carbons (Fsp3) is 0.650. The van der Waals surface area contributed by atoms with E-state index in [0.29, 0.717) is 13.1 Å². The van der Waals surface area contributed by atoms with Crippen molar-refractivity contribution in [3.8, 4) is 0 Å². The Labute approximate surface area is 187 Å². The molecule has 0 spiro atoms. The second-order valence-corrected chi connectivity index (χ2v) is 10.6. The average Bonchev–Trinajstić information content (AvgIpc) is 2.60. The van der Waals surface area contributed by atoms with Crippen molar-refractivity contribution in [1.82, 2.24) is 10.2 Å². The van der Waals surface area contributed by atoms with E-state index >= 15 is 0 Å². The lowest BCUT2D eigenvalue weighted by Gasteiger charge is -2.39. The van der Waals surface area contributed by atoms with Gasteiger partial charge in [-0.3, -0.25) is 4.99 Å². The Balaban J connectivity index is 0.00000392. The molecule has 0 aromatic heterocycles. The summed E-state index contributed by atoms with van der Waals surface area (Å²) in [5, 5.41) is 3.31. The quantitative estimate of drug-likeness (QED) is 0.270. The molecule has 6 nitrogen and oxygen atoms in total. The van der Waals surface area contributed by atoms with Crippen molar-refractivity contribution in [2.45, 2.75) is 38.4 Å². The minimum Gasteiger partial charge on any atom is -0.378 e. The van der Waals surface area contributed by atoms with Gasteiger partial charge in [-0.2, -0.15) is 0 Å². The van der Waals surface area contributed by atoms with Crippen molar-refractivity contribution in [3.05, 3.63) is 29.8 Å². The number of aryl methyl sites for hydroxylation is 1. The molecule has 0 saturated carbocycles. The molecule has 1 fully saturated rings. The van der Waals surface area contributed by atoms with Crippen LogP contribution in [0.25, 0.3) is 0 Å². The lowest BCUT2D eigenvalue weighted by molar-refractivity contribution is 0.353. The van der Waals surface area contributed by atoms with Crippen LogP contribution < -0.4 is 10.2 Å². The molecule has 1 aromatic carbocycles. The Morgan fingerprint density at radius 3 is 2.43 bits per heavy atom. The molecule has 1 aromatic rings. The van der Waals surface area contributed by atoms with Crippen LogP contribution in [0.5, 0.6) is 0 Å². The van der Waals surface area contributed by atoms with Crippen molar-refractivity contribution >= 4 is 45.5 Å². The average molecular weight is 522 g/mol. The molecule has 0 aliphatic carbocycles. The molecule has 2 rings (SSSR count). The molecule has 1 N–H and O–H groups in total. The number of nitrogens with one attached hydrogen (secondary N) is 1. The van der Waals surface area contributed by atoms with E-state index in [9.17, 15) is 8.42 Å². The van der Waals surface area contributed by atoms with Crippen LogP contribution in [-0.4, -0.2) is 70.1 Å². The summed E-state index contributed by atoms with van der Waals surface area (Å²) < 4.78 is 23.7. The first-order valence-electron chi connectivity index (χ1n) is 9.68. The van der Waals surface area contributed by atoms with Crippen molar-refractivity contribution in [3.63, 3.8) is 0 Å². The zero-order chi connectivity index (χ0) is 20.1. The number of anilines is 1. The second kappa shape index (κ2) is 10.7. The zero-order valence-corrected chi connectivity index (χ0v) is 20.9. The molecule has 0 radical (unpaired) electrons. The van der Waals surface area contributed by atoms with Gasteiger partial charge in [0.2, 0.25) is 0 Å². The van der Waals surface area contributed by atoms with Crippen LogP contribution in [0.3, 0.4) is 0 Å². The summed E-state index contributed by atoms with van der Waals surface area (Å²) in [4.78, 5) is 8.91. The minimum atomic E-state index is -3.04. The number of sulfone groups is 1. The third kappa shape index (κ3) is 6.50. The second-order valence-electron chi connectivity index (χ2n) is 7.90. The normalized spacial score (nSPS) is 18.3. The number of aliphatic imine (C=N–C) groups is 1. The van der Waals surface area contributed by atoms with E-state index in [1.54, 1.807) is 13.8 Å². The van der Waals surface area contributed by atoms with Crippen LogP contribution in [0.2, 0.25) is 0 Å². The molecule has 1 saturated heterocycles. The summed E-state index contributed by atoms with van der Waals surface area (Å²) in [6.45, 7) is 8.12. The first-order chi connectivity index (χ1) is 12.7. The van der Waals surface area contributed by atoms with Gasteiger partial charge in [-0.15, -0.1) is 24.0 Å². The maximum Gasteiger partial charge on any atom is 0.193 e. The predicted octanol–water partition coefficient (Wildman–Crippen LogP) is 2.78. The molecular formula is C20H35IN4O2S. The summed E-state index contributed by atoms with van der Waals surface area (Å²) in [7, 11) is 1.04. The number of nitrogens with zero attached hydrogens (tertiary/aromatic N) is 3. The van der Waals surface area contributed by atoms with Crippen LogP contribution in [-0.2, 0) is 16.3 Å². The van der Waals surface area contributed by atoms with Gasteiger partial charge >= 0.3 is 0 Å². The molecule has 1 aliphatic rings. The summed E-state index contributed by atoms with van der Waals surface area (Å²) in [5.41, 5.74) is 2.51. The van der Waals surface area contributed by atoms with E-state index in [0.717, 1.165) is 31.9 Å². The third-order valence-electron chi connectivity index (χ3n) is 5.02. The lowest BCUT2D eigenvalue weighted by atomic mass is 10.1. The molecule has 8 heteroatoms. The van der Waals surface area contributed by atoms with E-state index in [4.69, 9.17) is 4.99 Å². The maximum absolute atomic E-state index is 12.2. The first kappa shape index (κ1) is 25.0. The highest BCUT2D eigenvalue weighted by molar-refractivity contribution is 14.0. The standard InChI is InChI=1S/C20H34N4O2S.HI/c1-6-21-19(24-14-15-27(25,26)20(2,3)16-24)22-13-7-8-17-9-11-18(12-10-17)23(4)5;/h9-12H,6-8,13-16H2,1-5H3,(H,21,22);1H. The van der Waals surface area contributed by atoms with Crippen LogP contribution in [0, 0.1) is 0 Å². The monoisotopic (exact) mass is 522 g/mol. The molecule has 1 heterocycles. The highest BCUT2D eigenvalue weighted by Gasteiger charge is 2.40. The van der Waals surface area contributed by atoms with Crippen LogP contribution in [0.4, 0.5) is 5.69 Å². The van der Waals surface area contributed by atoms with E-state index in [1.807, 2.05) is 21.0 Å². The molecule has 28 heavy (non-hydrogen) atoms. The number of benzene rings is 1. The van der Waals surface area contributed by atoms with Gasteiger partial charge in [0.15, 0.2) is 15.8 Å². The Morgan fingerprint density at radius 2 is 1.89 bits per heavy atom. The van der Waals surface area contributed by atoms with Crippen molar-refractivity contribution in [2.75, 3.05) is 50.9 Å². The molecular weight excluding hydrogens is 487 g/mol.